The van der Waals surface area contributed by atoms with Crippen molar-refractivity contribution >= 4 is 11.9 Å². The predicted octanol–water partition coefficient (Wildman–Crippen LogP) is 3.38. The fourth-order valence-corrected chi connectivity index (χ4v) is 1.46. The maximum absolute atomic E-state index is 11.1. The maximum Gasteiger partial charge on any atom is 0.333 e. The van der Waals surface area contributed by atoms with Crippen LogP contribution in [0.1, 0.15) is 46.5 Å². The highest BCUT2D eigenvalue weighted by atomic mass is 16.7. The van der Waals surface area contributed by atoms with E-state index in [2.05, 4.69) is 33.9 Å². The van der Waals surface area contributed by atoms with Crippen LogP contribution in [-0.4, -0.2) is 18.2 Å². The highest BCUT2D eigenvalue weighted by Gasteiger charge is 2.17. The van der Waals surface area contributed by atoms with E-state index < -0.39 is 18.2 Å². The molecule has 0 aromatic heterocycles. The third-order valence-electron chi connectivity index (χ3n) is 2.45. The summed E-state index contributed by atoms with van der Waals surface area (Å²) in [5.74, 6) is -1.20. The molecule has 0 aromatic carbocycles. The summed E-state index contributed by atoms with van der Waals surface area (Å²) in [6.45, 7) is 13.1. The Hall–Kier alpha value is -1.58. The van der Waals surface area contributed by atoms with Gasteiger partial charge in [0.2, 0.25) is 6.29 Å². The van der Waals surface area contributed by atoms with E-state index in [0.717, 1.165) is 31.4 Å². The van der Waals surface area contributed by atoms with E-state index in [-0.39, 0.29) is 5.41 Å². The van der Waals surface area contributed by atoms with Crippen molar-refractivity contribution in [3.63, 3.8) is 0 Å². The first kappa shape index (κ1) is 17.4. The molecule has 108 valence electrons. The van der Waals surface area contributed by atoms with E-state index in [9.17, 15) is 9.59 Å². The Bertz CT molecular complexity index is 304. The molecule has 0 heterocycles. The van der Waals surface area contributed by atoms with Gasteiger partial charge in [0.15, 0.2) is 0 Å². The molecule has 4 nitrogen and oxygen atoms in total. The molecule has 0 bridgehead atoms. The molecule has 0 rings (SSSR count). The summed E-state index contributed by atoms with van der Waals surface area (Å²) in [4.78, 5) is 22.3. The van der Waals surface area contributed by atoms with Crippen LogP contribution in [0.2, 0.25) is 0 Å². The van der Waals surface area contributed by atoms with Crippen LogP contribution in [0.4, 0.5) is 0 Å². The average Bonchev–Trinajstić information content (AvgIpc) is 2.32. The highest BCUT2D eigenvalue weighted by molar-refractivity contribution is 5.82. The van der Waals surface area contributed by atoms with E-state index in [1.165, 1.54) is 0 Å². The zero-order valence-electron chi connectivity index (χ0n) is 12.1. The molecule has 0 unspecified atom stereocenters. The van der Waals surface area contributed by atoms with Gasteiger partial charge in [-0.2, -0.15) is 0 Å². The molecule has 0 aliphatic rings. The van der Waals surface area contributed by atoms with Crippen LogP contribution in [0, 0.1) is 5.41 Å². The lowest BCUT2D eigenvalue weighted by molar-refractivity contribution is -0.182. The quantitative estimate of drug-likeness (QED) is 0.293. The van der Waals surface area contributed by atoms with Gasteiger partial charge in [-0.25, -0.2) is 9.59 Å². The van der Waals surface area contributed by atoms with Crippen molar-refractivity contribution in [3.05, 3.63) is 25.3 Å². The monoisotopic (exact) mass is 268 g/mol. The number of rotatable bonds is 8. The third-order valence-corrected chi connectivity index (χ3v) is 2.45. The van der Waals surface area contributed by atoms with Crippen molar-refractivity contribution in [2.45, 2.75) is 52.7 Å². The van der Waals surface area contributed by atoms with Crippen molar-refractivity contribution < 1.29 is 19.1 Å². The summed E-state index contributed by atoms with van der Waals surface area (Å²) >= 11 is 0. The molecule has 0 aliphatic heterocycles. The van der Waals surface area contributed by atoms with E-state index in [0.29, 0.717) is 6.42 Å². The van der Waals surface area contributed by atoms with E-state index >= 15 is 0 Å². The van der Waals surface area contributed by atoms with Crippen molar-refractivity contribution in [1.82, 2.24) is 0 Å². The molecule has 0 atom stereocenters. The molecule has 0 aliphatic carbocycles. The van der Waals surface area contributed by atoms with Gasteiger partial charge in [0.25, 0.3) is 0 Å². The van der Waals surface area contributed by atoms with Crippen LogP contribution < -0.4 is 0 Å². The van der Waals surface area contributed by atoms with Crippen LogP contribution in [0.15, 0.2) is 25.3 Å². The van der Waals surface area contributed by atoms with Gasteiger partial charge in [-0.15, -0.1) is 0 Å². The fourth-order valence-electron chi connectivity index (χ4n) is 1.46. The lowest BCUT2D eigenvalue weighted by Gasteiger charge is -2.19. The Kier molecular flexibility index (Phi) is 7.80. The standard InChI is InChI=1S/C15H24O4/c1-6-12(16)18-14(19-13(17)7-2)10-8-9-11-15(3,4)5/h6-7,14H,1-2,8-11H2,3-5H3. The van der Waals surface area contributed by atoms with E-state index in [1.54, 1.807) is 0 Å². The first-order chi connectivity index (χ1) is 8.78. The largest absolute Gasteiger partial charge is 0.422 e. The van der Waals surface area contributed by atoms with Crippen molar-refractivity contribution in [1.29, 1.82) is 0 Å². The minimum atomic E-state index is -0.865. The molecule has 0 saturated carbocycles. The zero-order valence-corrected chi connectivity index (χ0v) is 12.1. The summed E-state index contributed by atoms with van der Waals surface area (Å²) in [7, 11) is 0. The summed E-state index contributed by atoms with van der Waals surface area (Å²) in [6.07, 6.45) is 4.57. The fraction of sp³-hybridized carbons (Fsp3) is 0.600. The van der Waals surface area contributed by atoms with Gasteiger partial charge in [-0.3, -0.25) is 0 Å². The van der Waals surface area contributed by atoms with Gasteiger partial charge < -0.3 is 9.47 Å². The average molecular weight is 268 g/mol. The van der Waals surface area contributed by atoms with Crippen LogP contribution in [0.3, 0.4) is 0 Å². The van der Waals surface area contributed by atoms with Crippen LogP contribution in [0.25, 0.3) is 0 Å². The minimum absolute atomic E-state index is 0.269. The molecular formula is C15H24O4. The first-order valence-corrected chi connectivity index (χ1v) is 6.44. The Morgan fingerprint density at radius 2 is 1.53 bits per heavy atom. The second kappa shape index (κ2) is 8.51. The Morgan fingerprint density at radius 3 is 1.89 bits per heavy atom. The van der Waals surface area contributed by atoms with Crippen molar-refractivity contribution in [2.75, 3.05) is 0 Å². The SMILES string of the molecule is C=CC(=O)OC(CCCCC(C)(C)C)OC(=O)C=C. The second-order valence-corrected chi connectivity index (χ2v) is 5.52. The first-order valence-electron chi connectivity index (χ1n) is 6.44. The second-order valence-electron chi connectivity index (χ2n) is 5.52. The number of hydrogen-bond acceptors (Lipinski definition) is 4. The summed E-state index contributed by atoms with van der Waals surface area (Å²) in [5.41, 5.74) is 0.269. The number of ether oxygens (including phenoxy) is 2. The van der Waals surface area contributed by atoms with E-state index in [4.69, 9.17) is 9.47 Å². The molecule has 0 saturated heterocycles. The number of unbranched alkanes of at least 4 members (excludes halogenated alkanes) is 1. The van der Waals surface area contributed by atoms with Crippen LogP contribution in [-0.2, 0) is 19.1 Å². The molecular weight excluding hydrogens is 244 g/mol. The summed E-state index contributed by atoms with van der Waals surface area (Å²) in [5, 5.41) is 0. The smallest absolute Gasteiger partial charge is 0.333 e. The van der Waals surface area contributed by atoms with Gasteiger partial charge in [0.05, 0.1) is 0 Å². The number of esters is 2. The van der Waals surface area contributed by atoms with Crippen LogP contribution >= 0.6 is 0 Å². The maximum atomic E-state index is 11.1. The Morgan fingerprint density at radius 1 is 1.05 bits per heavy atom. The van der Waals surface area contributed by atoms with Gasteiger partial charge in [0.1, 0.15) is 0 Å². The van der Waals surface area contributed by atoms with Crippen LogP contribution in [0.5, 0.6) is 0 Å². The Balaban J connectivity index is 4.18. The molecule has 0 radical (unpaired) electrons. The molecule has 0 amide bonds. The lowest BCUT2D eigenvalue weighted by atomic mass is 9.89. The molecule has 0 spiro atoms. The number of carbonyl (C=O) groups is 2. The molecule has 4 heteroatoms. The molecule has 0 N–H and O–H groups in total. The minimum Gasteiger partial charge on any atom is -0.422 e. The number of carbonyl (C=O) groups excluding carboxylic acids is 2. The number of hydrogen-bond donors (Lipinski definition) is 0. The normalized spacial score (nSPS) is 10.9. The van der Waals surface area contributed by atoms with Gasteiger partial charge >= 0.3 is 11.9 Å². The zero-order chi connectivity index (χ0) is 14.9. The molecule has 0 fully saturated rings. The Labute approximate surface area is 115 Å². The predicted molar refractivity (Wildman–Crippen MR) is 74.3 cm³/mol. The molecule has 0 aromatic rings. The topological polar surface area (TPSA) is 52.6 Å². The highest BCUT2D eigenvalue weighted by Crippen LogP contribution is 2.22. The third kappa shape index (κ3) is 10.1. The van der Waals surface area contributed by atoms with Crippen molar-refractivity contribution in [2.24, 2.45) is 5.41 Å². The summed E-state index contributed by atoms with van der Waals surface area (Å²) in [6, 6.07) is 0. The van der Waals surface area contributed by atoms with E-state index in [1.807, 2.05) is 0 Å². The molecule has 19 heavy (non-hydrogen) atoms. The summed E-state index contributed by atoms with van der Waals surface area (Å²) < 4.78 is 9.91. The van der Waals surface area contributed by atoms with Crippen molar-refractivity contribution in [3.8, 4) is 0 Å². The lowest BCUT2D eigenvalue weighted by Crippen LogP contribution is -2.23. The van der Waals surface area contributed by atoms with Gasteiger partial charge in [-0.1, -0.05) is 40.3 Å². The van der Waals surface area contributed by atoms with Gasteiger partial charge in [-0.05, 0) is 18.3 Å². The van der Waals surface area contributed by atoms with Gasteiger partial charge in [0, 0.05) is 18.6 Å².